The van der Waals surface area contributed by atoms with Gasteiger partial charge >= 0.3 is 6.03 Å². The highest BCUT2D eigenvalue weighted by Crippen LogP contribution is 2.58. The Morgan fingerprint density at radius 1 is 1.16 bits per heavy atom. The van der Waals surface area contributed by atoms with Crippen molar-refractivity contribution in [3.63, 3.8) is 0 Å². The summed E-state index contributed by atoms with van der Waals surface area (Å²) in [5.74, 6) is 0.390. The lowest BCUT2D eigenvalue weighted by Crippen LogP contribution is -2.60. The summed E-state index contributed by atoms with van der Waals surface area (Å²) in [5.41, 5.74) is 5.81. The molecule has 32 heavy (non-hydrogen) atoms. The predicted octanol–water partition coefficient (Wildman–Crippen LogP) is 3.15. The fourth-order valence-electron chi connectivity index (χ4n) is 6.24. The Kier molecular flexibility index (Phi) is 5.55. The normalized spacial score (nSPS) is 32.4. The Morgan fingerprint density at radius 2 is 1.91 bits per heavy atom. The van der Waals surface area contributed by atoms with E-state index in [-0.39, 0.29) is 41.4 Å². The van der Waals surface area contributed by atoms with Crippen molar-refractivity contribution in [3.8, 4) is 5.88 Å². The van der Waals surface area contributed by atoms with E-state index in [4.69, 9.17) is 10.5 Å². The van der Waals surface area contributed by atoms with Crippen molar-refractivity contribution in [2.45, 2.75) is 88.8 Å². The van der Waals surface area contributed by atoms with Gasteiger partial charge in [-0.15, -0.1) is 0 Å². The zero-order valence-electron chi connectivity index (χ0n) is 18.4. The summed E-state index contributed by atoms with van der Waals surface area (Å²) in [6.07, 6.45) is 13.1. The maximum atomic E-state index is 12.9. The molecule has 4 fully saturated rings. The number of urea groups is 1. The molecule has 3 N–H and O–H groups in total. The van der Waals surface area contributed by atoms with Crippen molar-refractivity contribution in [2.24, 2.45) is 17.1 Å². The van der Waals surface area contributed by atoms with Gasteiger partial charge in [0.25, 0.3) is 11.8 Å². The molecule has 0 radical (unpaired) electrons. The number of nitrogens with two attached hydrogens (primary N) is 1. The molecule has 1 atom stereocenters. The van der Waals surface area contributed by atoms with Gasteiger partial charge in [0.15, 0.2) is 0 Å². The Bertz CT molecular complexity index is 899. The van der Waals surface area contributed by atoms with Gasteiger partial charge in [0.1, 0.15) is 17.7 Å². The molecule has 1 aromatic heterocycles. The van der Waals surface area contributed by atoms with Crippen molar-refractivity contribution in [3.05, 3.63) is 23.9 Å². The first kappa shape index (κ1) is 21.2. The van der Waals surface area contributed by atoms with Crippen LogP contribution in [0.4, 0.5) is 4.79 Å². The molecule has 1 saturated heterocycles. The van der Waals surface area contributed by atoms with Crippen LogP contribution in [0.15, 0.2) is 18.3 Å². The second-order valence-corrected chi connectivity index (χ2v) is 10.2. The molecule has 1 aliphatic heterocycles. The Labute approximate surface area is 188 Å². The molecule has 0 bridgehead atoms. The summed E-state index contributed by atoms with van der Waals surface area (Å²) in [6, 6.07) is 2.68. The largest absolute Gasteiger partial charge is 0.474 e. The number of hydrogen-bond acceptors (Lipinski definition) is 5. The predicted molar refractivity (Wildman–Crippen MR) is 117 cm³/mol. The number of hydrogen-bond donors (Lipinski definition) is 2. The molecule has 3 saturated carbocycles. The molecule has 1 spiro atoms. The second-order valence-electron chi connectivity index (χ2n) is 10.2. The van der Waals surface area contributed by atoms with Crippen LogP contribution >= 0.6 is 0 Å². The average Bonchev–Trinajstić information content (AvgIpc) is 3.01. The van der Waals surface area contributed by atoms with E-state index in [9.17, 15) is 14.4 Å². The van der Waals surface area contributed by atoms with Gasteiger partial charge in [0.2, 0.25) is 5.88 Å². The Balaban J connectivity index is 1.10. The molecule has 8 heteroatoms. The number of carbonyl (C=O) groups is 3. The second kappa shape index (κ2) is 8.37. The van der Waals surface area contributed by atoms with Crippen LogP contribution in [0.1, 0.15) is 81.0 Å². The van der Waals surface area contributed by atoms with Crippen LogP contribution in [0, 0.1) is 11.3 Å². The van der Waals surface area contributed by atoms with E-state index in [1.54, 1.807) is 18.3 Å². The number of nitrogens with one attached hydrogen (secondary N) is 1. The number of aromatic nitrogens is 1. The SMILES string of the molecule is NC(=O)c1cccnc1O[C@H]1CC2(C1)C[C@H](N1C(=O)NC(CCC3CCCCC3)C1=O)C2. The van der Waals surface area contributed by atoms with Gasteiger partial charge in [-0.2, -0.15) is 0 Å². The van der Waals surface area contributed by atoms with Crippen LogP contribution in [-0.2, 0) is 4.79 Å². The van der Waals surface area contributed by atoms with E-state index >= 15 is 0 Å². The minimum atomic E-state index is -0.553. The minimum Gasteiger partial charge on any atom is -0.474 e. The van der Waals surface area contributed by atoms with Crippen molar-refractivity contribution >= 4 is 17.8 Å². The summed E-state index contributed by atoms with van der Waals surface area (Å²) in [7, 11) is 0. The number of ether oxygens (including phenoxy) is 1. The summed E-state index contributed by atoms with van der Waals surface area (Å²) < 4.78 is 5.91. The number of imide groups is 1. The lowest BCUT2D eigenvalue weighted by molar-refractivity contribution is -0.141. The molecule has 4 aliphatic rings. The van der Waals surface area contributed by atoms with E-state index < -0.39 is 5.91 Å². The van der Waals surface area contributed by atoms with Gasteiger partial charge in [-0.05, 0) is 62.0 Å². The zero-order chi connectivity index (χ0) is 22.3. The molecule has 2 heterocycles. The molecule has 4 amide bonds. The third kappa shape index (κ3) is 3.95. The van der Waals surface area contributed by atoms with E-state index in [1.165, 1.54) is 37.0 Å². The average molecular weight is 441 g/mol. The summed E-state index contributed by atoms with van der Waals surface area (Å²) in [4.78, 5) is 42.6. The number of primary amides is 1. The maximum Gasteiger partial charge on any atom is 0.325 e. The van der Waals surface area contributed by atoms with Gasteiger partial charge in [-0.1, -0.05) is 32.1 Å². The van der Waals surface area contributed by atoms with Crippen molar-refractivity contribution < 1.29 is 19.1 Å². The van der Waals surface area contributed by atoms with Crippen LogP contribution in [0.25, 0.3) is 0 Å². The number of pyridine rings is 1. The number of rotatable bonds is 7. The highest BCUT2D eigenvalue weighted by molar-refractivity contribution is 6.04. The maximum absolute atomic E-state index is 12.9. The molecule has 172 valence electrons. The Morgan fingerprint density at radius 3 is 2.62 bits per heavy atom. The summed E-state index contributed by atoms with van der Waals surface area (Å²) >= 11 is 0. The smallest absolute Gasteiger partial charge is 0.325 e. The van der Waals surface area contributed by atoms with E-state index in [1.807, 2.05) is 0 Å². The lowest BCUT2D eigenvalue weighted by Gasteiger charge is -2.58. The first-order valence-corrected chi connectivity index (χ1v) is 12.0. The quantitative estimate of drug-likeness (QED) is 0.632. The number of carbonyl (C=O) groups excluding carboxylic acids is 3. The first-order chi connectivity index (χ1) is 15.4. The van der Waals surface area contributed by atoms with Crippen molar-refractivity contribution in [2.75, 3.05) is 0 Å². The van der Waals surface area contributed by atoms with Gasteiger partial charge in [-0.25, -0.2) is 9.78 Å². The van der Waals surface area contributed by atoms with Crippen LogP contribution in [0.2, 0.25) is 0 Å². The van der Waals surface area contributed by atoms with Crippen molar-refractivity contribution in [1.29, 1.82) is 0 Å². The molecule has 1 aromatic rings. The van der Waals surface area contributed by atoms with Crippen LogP contribution in [0.5, 0.6) is 5.88 Å². The third-order valence-corrected chi connectivity index (χ3v) is 7.98. The fraction of sp³-hybridized carbons (Fsp3) is 0.667. The molecule has 1 unspecified atom stereocenters. The molecular weight excluding hydrogens is 408 g/mol. The van der Waals surface area contributed by atoms with Gasteiger partial charge in [-0.3, -0.25) is 14.5 Å². The topological polar surface area (TPSA) is 115 Å². The molecule has 8 nitrogen and oxygen atoms in total. The Hall–Kier alpha value is -2.64. The number of nitrogens with zero attached hydrogens (tertiary/aromatic N) is 2. The van der Waals surface area contributed by atoms with Crippen LogP contribution in [-0.4, -0.2) is 45.9 Å². The molecule has 0 aromatic carbocycles. The van der Waals surface area contributed by atoms with Crippen molar-refractivity contribution in [1.82, 2.24) is 15.2 Å². The lowest BCUT2D eigenvalue weighted by atomic mass is 9.52. The molecular formula is C24H32N4O4. The highest BCUT2D eigenvalue weighted by Gasteiger charge is 2.58. The van der Waals surface area contributed by atoms with Gasteiger partial charge in [0.05, 0.1) is 0 Å². The third-order valence-electron chi connectivity index (χ3n) is 7.98. The van der Waals surface area contributed by atoms with E-state index in [0.29, 0.717) is 11.5 Å². The van der Waals surface area contributed by atoms with Crippen LogP contribution < -0.4 is 15.8 Å². The standard InChI is InChI=1S/C24H32N4O4/c25-20(29)18-7-4-10-26-21(18)32-17-13-24(14-17)11-16(12-24)28-22(30)19(27-23(28)31)9-8-15-5-2-1-3-6-15/h4,7,10,15-17,19H,1-3,5-6,8-9,11-14H2,(H2,25,29)(H,27,31)/t16-,17-,19?,24?. The minimum absolute atomic E-state index is 0.0147. The van der Waals surface area contributed by atoms with Gasteiger partial charge in [0, 0.05) is 12.2 Å². The van der Waals surface area contributed by atoms with E-state index in [0.717, 1.165) is 38.5 Å². The zero-order valence-corrected chi connectivity index (χ0v) is 18.4. The fourth-order valence-corrected chi connectivity index (χ4v) is 6.24. The summed E-state index contributed by atoms with van der Waals surface area (Å²) in [6.45, 7) is 0. The first-order valence-electron chi connectivity index (χ1n) is 12.0. The monoisotopic (exact) mass is 440 g/mol. The summed E-state index contributed by atoms with van der Waals surface area (Å²) in [5, 5.41) is 2.92. The molecule has 3 aliphatic carbocycles. The van der Waals surface area contributed by atoms with Crippen LogP contribution in [0.3, 0.4) is 0 Å². The molecule has 5 rings (SSSR count). The number of amides is 4. The highest BCUT2D eigenvalue weighted by atomic mass is 16.5. The van der Waals surface area contributed by atoms with Gasteiger partial charge < -0.3 is 15.8 Å². The van der Waals surface area contributed by atoms with E-state index in [2.05, 4.69) is 10.3 Å².